The van der Waals surface area contributed by atoms with Crippen LogP contribution >= 0.6 is 0 Å². The van der Waals surface area contributed by atoms with Gasteiger partial charge in [-0.3, -0.25) is 4.79 Å². The molecule has 0 aromatic carbocycles. The fourth-order valence-electron chi connectivity index (χ4n) is 2.65. The number of hydrogen-bond acceptors (Lipinski definition) is 2. The molecule has 0 aliphatic carbocycles. The quantitative estimate of drug-likeness (QED) is 0.276. The number of hydrogen-bond donors (Lipinski definition) is 1. The molecule has 0 radical (unpaired) electrons. The van der Waals surface area contributed by atoms with Crippen molar-refractivity contribution in [1.29, 1.82) is 0 Å². The molecular formula is C18H32O3. The Morgan fingerprint density at radius 2 is 1.76 bits per heavy atom. The topological polar surface area (TPSA) is 49.8 Å². The van der Waals surface area contributed by atoms with Gasteiger partial charge < -0.3 is 9.84 Å². The molecule has 0 spiro atoms. The van der Waals surface area contributed by atoms with Crippen molar-refractivity contribution in [2.45, 2.75) is 96.2 Å². The fourth-order valence-corrected chi connectivity index (χ4v) is 2.65. The number of epoxide rings is 1. The highest BCUT2D eigenvalue weighted by atomic mass is 16.6. The van der Waals surface area contributed by atoms with Crippen LogP contribution in [-0.4, -0.2) is 23.3 Å². The zero-order valence-corrected chi connectivity index (χ0v) is 13.6. The van der Waals surface area contributed by atoms with Gasteiger partial charge in [0, 0.05) is 6.42 Å². The van der Waals surface area contributed by atoms with Gasteiger partial charge in [0.15, 0.2) is 0 Å². The van der Waals surface area contributed by atoms with Gasteiger partial charge in [0.25, 0.3) is 0 Å². The predicted molar refractivity (Wildman–Crippen MR) is 86.5 cm³/mol. The number of carboxylic acid groups (broad SMARTS) is 1. The van der Waals surface area contributed by atoms with E-state index in [9.17, 15) is 4.79 Å². The van der Waals surface area contributed by atoms with Crippen molar-refractivity contribution in [2.75, 3.05) is 0 Å². The van der Waals surface area contributed by atoms with E-state index in [0.717, 1.165) is 25.7 Å². The van der Waals surface area contributed by atoms with Crippen LogP contribution in [0.2, 0.25) is 0 Å². The highest BCUT2D eigenvalue weighted by molar-refractivity contribution is 5.66. The Labute approximate surface area is 129 Å². The summed E-state index contributed by atoms with van der Waals surface area (Å²) in [7, 11) is 0. The van der Waals surface area contributed by atoms with Gasteiger partial charge >= 0.3 is 5.97 Å². The van der Waals surface area contributed by atoms with E-state index in [0.29, 0.717) is 18.6 Å². The Morgan fingerprint density at radius 1 is 1.00 bits per heavy atom. The summed E-state index contributed by atoms with van der Waals surface area (Å²) >= 11 is 0. The van der Waals surface area contributed by atoms with Crippen molar-refractivity contribution in [3.8, 4) is 0 Å². The first kappa shape index (κ1) is 18.2. The smallest absolute Gasteiger partial charge is 0.303 e. The van der Waals surface area contributed by atoms with E-state index < -0.39 is 5.97 Å². The lowest BCUT2D eigenvalue weighted by atomic mass is 10.1. The molecule has 2 atom stereocenters. The summed E-state index contributed by atoms with van der Waals surface area (Å²) in [5, 5.41) is 8.54. The predicted octanol–water partition coefficient (Wildman–Crippen LogP) is 5.10. The average Bonchev–Trinajstić information content (AvgIpc) is 3.20. The van der Waals surface area contributed by atoms with Crippen LogP contribution in [0.4, 0.5) is 0 Å². The molecule has 1 aliphatic rings. The molecule has 0 amide bonds. The monoisotopic (exact) mass is 296 g/mol. The van der Waals surface area contributed by atoms with Crippen LogP contribution in [0.25, 0.3) is 0 Å². The summed E-state index contributed by atoms with van der Waals surface area (Å²) in [6.07, 6.45) is 18.7. The van der Waals surface area contributed by atoms with E-state index >= 15 is 0 Å². The SMILES string of the molecule is CCCCC/C=C\C[C@H]1O[C@@H]1CCCCCCCC(=O)O. The minimum atomic E-state index is -0.674. The third kappa shape index (κ3) is 10.5. The number of carbonyl (C=O) groups is 1. The highest BCUT2D eigenvalue weighted by Crippen LogP contribution is 2.30. The number of carboxylic acids is 1. The first-order chi connectivity index (χ1) is 10.2. The van der Waals surface area contributed by atoms with Crippen LogP contribution in [0.3, 0.4) is 0 Å². The Balaban J connectivity index is 1.83. The largest absolute Gasteiger partial charge is 0.481 e. The Morgan fingerprint density at radius 3 is 2.52 bits per heavy atom. The zero-order chi connectivity index (χ0) is 15.3. The third-order valence-corrected chi connectivity index (χ3v) is 4.08. The van der Waals surface area contributed by atoms with Gasteiger partial charge in [-0.15, -0.1) is 0 Å². The molecule has 1 heterocycles. The number of rotatable bonds is 14. The van der Waals surface area contributed by atoms with Crippen molar-refractivity contribution in [3.63, 3.8) is 0 Å². The molecule has 0 saturated carbocycles. The van der Waals surface area contributed by atoms with Crippen molar-refractivity contribution >= 4 is 5.97 Å². The summed E-state index contributed by atoms with van der Waals surface area (Å²) in [6.45, 7) is 2.23. The van der Waals surface area contributed by atoms with Crippen LogP contribution in [0, 0.1) is 0 Å². The van der Waals surface area contributed by atoms with Gasteiger partial charge in [-0.05, 0) is 32.1 Å². The summed E-state index contributed by atoms with van der Waals surface area (Å²) in [5.41, 5.74) is 0. The van der Waals surface area contributed by atoms with E-state index in [1.807, 2.05) is 0 Å². The number of allylic oxidation sites excluding steroid dienone is 1. The molecule has 0 aromatic rings. The maximum absolute atomic E-state index is 10.4. The normalized spacial score (nSPS) is 21.0. The lowest BCUT2D eigenvalue weighted by molar-refractivity contribution is -0.137. The van der Waals surface area contributed by atoms with Gasteiger partial charge in [0.05, 0.1) is 12.2 Å². The second-order valence-electron chi connectivity index (χ2n) is 6.12. The Bertz CT molecular complexity index is 299. The molecule has 3 nitrogen and oxygen atoms in total. The molecule has 0 aromatic heterocycles. The summed E-state index contributed by atoms with van der Waals surface area (Å²) in [6, 6.07) is 0. The lowest BCUT2D eigenvalue weighted by Crippen LogP contribution is -1.94. The van der Waals surface area contributed by atoms with E-state index in [4.69, 9.17) is 9.84 Å². The summed E-state index contributed by atoms with van der Waals surface area (Å²) in [4.78, 5) is 10.4. The van der Waals surface area contributed by atoms with E-state index in [-0.39, 0.29) is 0 Å². The van der Waals surface area contributed by atoms with Crippen molar-refractivity contribution in [3.05, 3.63) is 12.2 Å². The fraction of sp³-hybridized carbons (Fsp3) is 0.833. The second kappa shape index (κ2) is 11.8. The van der Waals surface area contributed by atoms with Gasteiger partial charge in [-0.25, -0.2) is 0 Å². The standard InChI is InChI=1S/C18H32O3/c1-2-3-4-5-7-10-13-16-17(21-16)14-11-8-6-9-12-15-18(19)20/h7,10,16-17H,2-6,8-9,11-15H2,1H3,(H,19,20)/b10-7-/t16-,17-/m1/s1. The number of aliphatic carboxylic acids is 1. The average molecular weight is 296 g/mol. The Hall–Kier alpha value is -0.830. The van der Waals surface area contributed by atoms with Gasteiger partial charge in [-0.2, -0.15) is 0 Å². The maximum Gasteiger partial charge on any atom is 0.303 e. The van der Waals surface area contributed by atoms with E-state index in [2.05, 4.69) is 19.1 Å². The zero-order valence-electron chi connectivity index (χ0n) is 13.6. The van der Waals surface area contributed by atoms with Gasteiger partial charge in [0.2, 0.25) is 0 Å². The van der Waals surface area contributed by atoms with Crippen LogP contribution in [0.15, 0.2) is 12.2 Å². The highest BCUT2D eigenvalue weighted by Gasteiger charge is 2.36. The van der Waals surface area contributed by atoms with Crippen LogP contribution < -0.4 is 0 Å². The van der Waals surface area contributed by atoms with E-state index in [1.54, 1.807) is 0 Å². The minimum absolute atomic E-state index is 0.318. The molecule has 122 valence electrons. The molecule has 1 saturated heterocycles. The summed E-state index contributed by atoms with van der Waals surface area (Å²) < 4.78 is 5.67. The molecule has 1 N–H and O–H groups in total. The Kier molecular flexibility index (Phi) is 10.2. The maximum atomic E-state index is 10.4. The van der Waals surface area contributed by atoms with Crippen molar-refractivity contribution in [1.82, 2.24) is 0 Å². The molecule has 3 heteroatoms. The van der Waals surface area contributed by atoms with Gasteiger partial charge in [0.1, 0.15) is 0 Å². The number of unbranched alkanes of at least 4 members (excludes halogenated alkanes) is 7. The molecular weight excluding hydrogens is 264 g/mol. The van der Waals surface area contributed by atoms with Gasteiger partial charge in [-0.1, -0.05) is 57.6 Å². The summed E-state index contributed by atoms with van der Waals surface area (Å²) in [5.74, 6) is -0.674. The molecule has 1 fully saturated rings. The third-order valence-electron chi connectivity index (χ3n) is 4.08. The molecule has 1 rings (SSSR count). The van der Waals surface area contributed by atoms with Crippen LogP contribution in [0.1, 0.15) is 84.0 Å². The molecule has 21 heavy (non-hydrogen) atoms. The first-order valence-corrected chi connectivity index (χ1v) is 8.76. The van der Waals surface area contributed by atoms with Crippen molar-refractivity contribution in [2.24, 2.45) is 0 Å². The molecule has 0 unspecified atom stereocenters. The second-order valence-corrected chi connectivity index (χ2v) is 6.12. The van der Waals surface area contributed by atoms with Crippen molar-refractivity contribution < 1.29 is 14.6 Å². The van der Waals surface area contributed by atoms with E-state index in [1.165, 1.54) is 44.9 Å². The molecule has 1 aliphatic heterocycles. The molecule has 0 bridgehead atoms. The van der Waals surface area contributed by atoms with Crippen LogP contribution in [-0.2, 0) is 9.53 Å². The van der Waals surface area contributed by atoms with Crippen LogP contribution in [0.5, 0.6) is 0 Å². The minimum Gasteiger partial charge on any atom is -0.481 e. The number of ether oxygens (including phenoxy) is 1. The lowest BCUT2D eigenvalue weighted by Gasteiger charge is -1.99. The first-order valence-electron chi connectivity index (χ1n) is 8.76.